The van der Waals surface area contributed by atoms with Crippen LogP contribution in [-0.4, -0.2) is 23.3 Å². The number of hydrogen-bond donors (Lipinski definition) is 0. The minimum absolute atomic E-state index is 0.948. The summed E-state index contributed by atoms with van der Waals surface area (Å²) in [6.45, 7) is 0. The van der Waals surface area contributed by atoms with Crippen LogP contribution in [0.15, 0.2) is 176 Å². The van der Waals surface area contributed by atoms with Crippen LogP contribution in [0, 0.1) is 0 Å². The number of nitrogens with zero attached hydrogens (tertiary/aromatic N) is 5. The molecule has 0 aliphatic carbocycles. The minimum atomic E-state index is 0.948. The van der Waals surface area contributed by atoms with Gasteiger partial charge >= 0.3 is 0 Å². The third-order valence-corrected chi connectivity index (χ3v) is 9.54. The van der Waals surface area contributed by atoms with E-state index in [1.54, 1.807) is 0 Å². The van der Waals surface area contributed by atoms with Crippen molar-refractivity contribution in [1.82, 2.24) is 23.3 Å². The fourth-order valence-electron chi connectivity index (χ4n) is 7.05. The highest BCUT2D eigenvalue weighted by atomic mass is 15.0. The Morgan fingerprint density at radius 1 is 0.367 bits per heavy atom. The molecule has 0 amide bonds. The van der Waals surface area contributed by atoms with Crippen molar-refractivity contribution in [2.75, 3.05) is 0 Å². The predicted molar refractivity (Wildman–Crippen MR) is 200 cm³/mol. The van der Waals surface area contributed by atoms with Gasteiger partial charge in [-0.3, -0.25) is 0 Å². The maximum atomic E-state index is 4.81. The van der Waals surface area contributed by atoms with Gasteiger partial charge < -0.3 is 13.4 Å². The molecule has 0 aliphatic heterocycles. The molecule has 0 radical (unpaired) electrons. The van der Waals surface area contributed by atoms with Crippen LogP contribution in [0.2, 0.25) is 0 Å². The van der Waals surface area contributed by atoms with Crippen LogP contribution in [-0.2, 0) is 0 Å². The van der Waals surface area contributed by atoms with E-state index >= 15 is 0 Å². The van der Waals surface area contributed by atoms with Crippen LogP contribution >= 0.6 is 0 Å². The average Bonchev–Trinajstić information content (AvgIpc) is 3.89. The van der Waals surface area contributed by atoms with E-state index in [9.17, 15) is 0 Å². The highest BCUT2D eigenvalue weighted by Gasteiger charge is 2.15. The first-order valence-corrected chi connectivity index (χ1v) is 16.5. The van der Waals surface area contributed by atoms with Crippen LogP contribution in [0.4, 0.5) is 0 Å². The van der Waals surface area contributed by atoms with Crippen molar-refractivity contribution < 1.29 is 0 Å². The lowest BCUT2D eigenvalue weighted by Gasteiger charge is -2.09. The number of fused-ring (bicyclic) bond motifs is 5. The predicted octanol–water partition coefficient (Wildman–Crippen LogP) is 10.7. The minimum Gasteiger partial charge on any atom is -0.309 e. The molecule has 5 aromatic heterocycles. The van der Waals surface area contributed by atoms with Gasteiger partial charge in [0.1, 0.15) is 11.3 Å². The van der Waals surface area contributed by atoms with Gasteiger partial charge in [0.2, 0.25) is 0 Å². The summed E-state index contributed by atoms with van der Waals surface area (Å²) in [6.07, 6.45) is 8.23. The van der Waals surface area contributed by atoms with E-state index in [2.05, 4.69) is 141 Å². The monoisotopic (exact) mass is 627 g/mol. The second kappa shape index (κ2) is 10.9. The standard InChI is InChI=1S/C44H29N5/c1-2-8-36(9-3-1)49-41-22-20-34(30-12-16-32(17-13-30)39-28-47-24-6-4-10-43(47)45-39)26-37(41)38-27-35(21-23-42(38)49)31-14-18-33(19-15-31)40-29-48-25-7-5-11-44(48)46-40/h1-29H. The number of benzene rings is 5. The second-order valence-electron chi connectivity index (χ2n) is 12.5. The molecule has 49 heavy (non-hydrogen) atoms. The molecule has 5 heterocycles. The van der Waals surface area contributed by atoms with Crippen molar-refractivity contribution in [3.05, 3.63) is 176 Å². The fourth-order valence-corrected chi connectivity index (χ4v) is 7.05. The molecule has 0 aliphatic rings. The van der Waals surface area contributed by atoms with Gasteiger partial charge in [-0.15, -0.1) is 0 Å². The Morgan fingerprint density at radius 2 is 0.796 bits per heavy atom. The number of imidazole rings is 2. The van der Waals surface area contributed by atoms with Crippen LogP contribution in [0.5, 0.6) is 0 Å². The van der Waals surface area contributed by atoms with Gasteiger partial charge in [-0.25, -0.2) is 9.97 Å². The van der Waals surface area contributed by atoms with Crippen molar-refractivity contribution in [3.63, 3.8) is 0 Å². The molecule has 230 valence electrons. The lowest BCUT2D eigenvalue weighted by Crippen LogP contribution is -1.93. The molecule has 0 saturated carbocycles. The Hall–Kier alpha value is -6.72. The quantitative estimate of drug-likeness (QED) is 0.190. The molecule has 5 heteroatoms. The first-order chi connectivity index (χ1) is 24.2. The number of pyridine rings is 2. The maximum Gasteiger partial charge on any atom is 0.137 e. The zero-order valence-electron chi connectivity index (χ0n) is 26.5. The van der Waals surface area contributed by atoms with E-state index in [1.165, 1.54) is 44.1 Å². The van der Waals surface area contributed by atoms with Crippen molar-refractivity contribution in [3.8, 4) is 50.5 Å². The van der Waals surface area contributed by atoms with Crippen LogP contribution < -0.4 is 0 Å². The van der Waals surface area contributed by atoms with Gasteiger partial charge in [-0.1, -0.05) is 91.0 Å². The van der Waals surface area contributed by atoms with Gasteiger partial charge in [0.25, 0.3) is 0 Å². The Kier molecular flexibility index (Phi) is 6.11. The van der Waals surface area contributed by atoms with Gasteiger partial charge in [0.05, 0.1) is 22.4 Å². The van der Waals surface area contributed by atoms with E-state index in [0.29, 0.717) is 0 Å². The molecule has 0 fully saturated rings. The fraction of sp³-hybridized carbons (Fsp3) is 0. The first-order valence-electron chi connectivity index (χ1n) is 16.5. The summed E-state index contributed by atoms with van der Waals surface area (Å²) in [4.78, 5) is 9.62. The Balaban J connectivity index is 1.06. The van der Waals surface area contributed by atoms with Crippen LogP contribution in [0.1, 0.15) is 0 Å². The molecule has 0 bridgehead atoms. The van der Waals surface area contributed by atoms with Gasteiger partial charge in [-0.2, -0.15) is 0 Å². The zero-order valence-corrected chi connectivity index (χ0v) is 26.5. The molecule has 0 atom stereocenters. The lowest BCUT2D eigenvalue weighted by molar-refractivity contribution is 1.18. The number of para-hydroxylation sites is 1. The molecule has 10 rings (SSSR count). The molecule has 0 saturated heterocycles. The SMILES string of the molecule is c1ccc(-n2c3ccc(-c4ccc(-c5cn6ccccc6n5)cc4)cc3c3cc(-c4ccc(-c5cn6ccccc6n5)cc4)ccc32)cc1. The van der Waals surface area contributed by atoms with E-state index in [0.717, 1.165) is 39.5 Å². The molecule has 5 aromatic carbocycles. The Bertz CT molecular complexity index is 2560. The molecule has 0 N–H and O–H groups in total. The van der Waals surface area contributed by atoms with Crippen molar-refractivity contribution in [2.45, 2.75) is 0 Å². The zero-order chi connectivity index (χ0) is 32.3. The molecule has 5 nitrogen and oxygen atoms in total. The Labute approximate surface area is 282 Å². The maximum absolute atomic E-state index is 4.81. The number of rotatable bonds is 5. The summed E-state index contributed by atoms with van der Waals surface area (Å²) in [5.74, 6) is 0. The van der Waals surface area contributed by atoms with Gasteiger partial charge in [0.15, 0.2) is 0 Å². The molecule has 0 unspecified atom stereocenters. The van der Waals surface area contributed by atoms with Gasteiger partial charge in [-0.05, 0) is 82.9 Å². The molecular formula is C44H29N5. The summed E-state index contributed by atoms with van der Waals surface area (Å²) in [5, 5.41) is 2.45. The summed E-state index contributed by atoms with van der Waals surface area (Å²) < 4.78 is 6.49. The number of hydrogen-bond acceptors (Lipinski definition) is 2. The second-order valence-corrected chi connectivity index (χ2v) is 12.5. The summed E-state index contributed by atoms with van der Waals surface area (Å²) in [6, 6.07) is 53.9. The van der Waals surface area contributed by atoms with Crippen molar-refractivity contribution in [2.24, 2.45) is 0 Å². The van der Waals surface area contributed by atoms with E-state index in [1.807, 2.05) is 48.8 Å². The topological polar surface area (TPSA) is 39.5 Å². The lowest BCUT2D eigenvalue weighted by atomic mass is 9.99. The first kappa shape index (κ1) is 27.4. The summed E-state index contributed by atoms with van der Waals surface area (Å²) in [5.41, 5.74) is 14.3. The van der Waals surface area contributed by atoms with Crippen LogP contribution in [0.25, 0.3) is 83.6 Å². The molecule has 10 aromatic rings. The smallest absolute Gasteiger partial charge is 0.137 e. The molecular weight excluding hydrogens is 599 g/mol. The largest absolute Gasteiger partial charge is 0.309 e. The van der Waals surface area contributed by atoms with Crippen LogP contribution in [0.3, 0.4) is 0 Å². The Morgan fingerprint density at radius 3 is 1.27 bits per heavy atom. The van der Waals surface area contributed by atoms with Crippen molar-refractivity contribution >= 4 is 33.1 Å². The normalized spacial score (nSPS) is 11.7. The van der Waals surface area contributed by atoms with E-state index < -0.39 is 0 Å². The van der Waals surface area contributed by atoms with E-state index in [4.69, 9.17) is 9.97 Å². The third-order valence-electron chi connectivity index (χ3n) is 9.54. The van der Waals surface area contributed by atoms with Crippen molar-refractivity contribution in [1.29, 1.82) is 0 Å². The highest BCUT2D eigenvalue weighted by molar-refractivity contribution is 6.11. The third kappa shape index (κ3) is 4.63. The highest BCUT2D eigenvalue weighted by Crippen LogP contribution is 2.38. The summed E-state index contributed by atoms with van der Waals surface area (Å²) in [7, 11) is 0. The molecule has 0 spiro atoms. The van der Waals surface area contributed by atoms with E-state index in [-0.39, 0.29) is 0 Å². The number of aromatic nitrogens is 5. The summed E-state index contributed by atoms with van der Waals surface area (Å²) >= 11 is 0. The average molecular weight is 628 g/mol. The van der Waals surface area contributed by atoms with Gasteiger partial charge in [0, 0.05) is 52.4 Å².